The second-order valence-corrected chi connectivity index (χ2v) is 8.48. The molecule has 0 bridgehead atoms. The van der Waals surface area contributed by atoms with Crippen LogP contribution < -0.4 is 14.4 Å². The Hall–Kier alpha value is -3.00. The SMILES string of the molecule is CC(=O)C[C@@H](C)c1ccc(OC2CN(c3ccc(OC4CCC4)cc3C#N)C2)cc1. The molecule has 2 fully saturated rings. The van der Waals surface area contributed by atoms with Crippen molar-refractivity contribution in [2.24, 2.45) is 0 Å². The van der Waals surface area contributed by atoms with Crippen LogP contribution in [0, 0.1) is 11.3 Å². The summed E-state index contributed by atoms with van der Waals surface area (Å²) in [6.45, 7) is 5.19. The third-order valence-corrected chi connectivity index (χ3v) is 5.98. The van der Waals surface area contributed by atoms with Crippen LogP contribution in [0.5, 0.6) is 11.5 Å². The standard InChI is InChI=1S/C25H28N2O3/c1-17(12-18(2)28)19-6-8-22(9-7-19)30-24-15-27(16-24)25-11-10-23(13-20(25)14-26)29-21-4-3-5-21/h6-11,13,17,21,24H,3-5,12,15-16H2,1-2H3/t17-/m1/s1. The molecule has 0 spiro atoms. The summed E-state index contributed by atoms with van der Waals surface area (Å²) in [5.74, 6) is 2.05. The highest BCUT2D eigenvalue weighted by atomic mass is 16.5. The fourth-order valence-corrected chi connectivity index (χ4v) is 3.96. The van der Waals surface area contributed by atoms with Gasteiger partial charge in [-0.25, -0.2) is 0 Å². The quantitative estimate of drug-likeness (QED) is 0.630. The Morgan fingerprint density at radius 1 is 1.10 bits per heavy atom. The molecule has 5 heteroatoms. The highest BCUT2D eigenvalue weighted by Gasteiger charge is 2.30. The molecule has 2 aromatic rings. The third kappa shape index (κ3) is 4.59. The molecule has 1 atom stereocenters. The fraction of sp³-hybridized carbons (Fsp3) is 0.440. The van der Waals surface area contributed by atoms with Crippen LogP contribution in [0.25, 0.3) is 0 Å². The van der Waals surface area contributed by atoms with Crippen molar-refractivity contribution in [3.05, 3.63) is 53.6 Å². The number of rotatable bonds is 8. The minimum absolute atomic E-state index is 0.0999. The first-order valence-electron chi connectivity index (χ1n) is 10.7. The maximum Gasteiger partial charge on any atom is 0.133 e. The maximum atomic E-state index is 11.3. The Balaban J connectivity index is 1.31. The van der Waals surface area contributed by atoms with Crippen molar-refractivity contribution in [1.82, 2.24) is 0 Å². The van der Waals surface area contributed by atoms with E-state index in [4.69, 9.17) is 9.47 Å². The Kier molecular flexibility index (Phi) is 5.94. The number of carbonyl (C=O) groups is 1. The first kappa shape index (κ1) is 20.3. The second kappa shape index (κ2) is 8.79. The van der Waals surface area contributed by atoms with E-state index in [9.17, 15) is 10.1 Å². The number of nitriles is 1. The van der Waals surface area contributed by atoms with Gasteiger partial charge in [0.05, 0.1) is 30.4 Å². The van der Waals surface area contributed by atoms with Crippen LogP contribution >= 0.6 is 0 Å². The average Bonchev–Trinajstić information content (AvgIpc) is 2.67. The lowest BCUT2D eigenvalue weighted by Gasteiger charge is -2.41. The topological polar surface area (TPSA) is 62.6 Å². The number of ketones is 1. The van der Waals surface area contributed by atoms with Gasteiger partial charge in [0, 0.05) is 12.5 Å². The van der Waals surface area contributed by atoms with Gasteiger partial charge in [-0.2, -0.15) is 5.26 Å². The Morgan fingerprint density at radius 3 is 2.37 bits per heavy atom. The lowest BCUT2D eigenvalue weighted by atomic mass is 9.96. The molecule has 1 saturated carbocycles. The highest BCUT2D eigenvalue weighted by molar-refractivity contribution is 5.76. The molecule has 5 nitrogen and oxygen atoms in total. The van der Waals surface area contributed by atoms with E-state index in [-0.39, 0.29) is 17.8 Å². The van der Waals surface area contributed by atoms with Crippen molar-refractivity contribution in [2.75, 3.05) is 18.0 Å². The van der Waals surface area contributed by atoms with Gasteiger partial charge in [0.2, 0.25) is 0 Å². The molecule has 1 aliphatic heterocycles. The van der Waals surface area contributed by atoms with Crippen LogP contribution in [-0.2, 0) is 4.79 Å². The van der Waals surface area contributed by atoms with Crippen molar-refractivity contribution in [2.45, 2.75) is 57.7 Å². The van der Waals surface area contributed by atoms with Gasteiger partial charge in [-0.05, 0) is 61.9 Å². The average molecular weight is 405 g/mol. The molecule has 0 unspecified atom stereocenters. The van der Waals surface area contributed by atoms with E-state index in [0.29, 0.717) is 18.1 Å². The molecule has 4 rings (SSSR count). The molecule has 0 radical (unpaired) electrons. The smallest absolute Gasteiger partial charge is 0.133 e. The minimum atomic E-state index is 0.0999. The Labute approximate surface area is 178 Å². The molecule has 1 saturated heterocycles. The molecule has 0 aromatic heterocycles. The Morgan fingerprint density at radius 2 is 1.77 bits per heavy atom. The fourth-order valence-electron chi connectivity index (χ4n) is 3.96. The number of hydrogen-bond acceptors (Lipinski definition) is 5. The molecular formula is C25H28N2O3. The first-order valence-corrected chi connectivity index (χ1v) is 10.7. The number of hydrogen-bond donors (Lipinski definition) is 0. The number of nitrogens with zero attached hydrogens (tertiary/aromatic N) is 2. The zero-order valence-corrected chi connectivity index (χ0v) is 17.6. The number of carbonyl (C=O) groups excluding carboxylic acids is 1. The molecule has 0 amide bonds. The number of ether oxygens (including phenoxy) is 2. The predicted molar refractivity (Wildman–Crippen MR) is 116 cm³/mol. The van der Waals surface area contributed by atoms with Gasteiger partial charge in [0.1, 0.15) is 29.5 Å². The van der Waals surface area contributed by atoms with Crippen LogP contribution in [0.2, 0.25) is 0 Å². The summed E-state index contributed by atoms with van der Waals surface area (Å²) < 4.78 is 12.0. The number of benzene rings is 2. The van der Waals surface area contributed by atoms with Crippen molar-refractivity contribution in [1.29, 1.82) is 5.26 Å². The van der Waals surface area contributed by atoms with Gasteiger partial charge in [-0.15, -0.1) is 0 Å². The molecule has 156 valence electrons. The van der Waals surface area contributed by atoms with E-state index in [1.165, 1.54) is 6.42 Å². The van der Waals surface area contributed by atoms with E-state index in [0.717, 1.165) is 48.7 Å². The largest absolute Gasteiger partial charge is 0.490 e. The van der Waals surface area contributed by atoms with E-state index < -0.39 is 0 Å². The summed E-state index contributed by atoms with van der Waals surface area (Å²) in [4.78, 5) is 13.5. The molecule has 1 aliphatic carbocycles. The molecule has 2 aliphatic rings. The van der Waals surface area contributed by atoms with E-state index in [1.54, 1.807) is 6.92 Å². The first-order chi connectivity index (χ1) is 14.5. The van der Waals surface area contributed by atoms with Crippen molar-refractivity contribution < 1.29 is 14.3 Å². The summed E-state index contributed by atoms with van der Waals surface area (Å²) in [5.41, 5.74) is 2.73. The minimum Gasteiger partial charge on any atom is -0.490 e. The number of anilines is 1. The van der Waals surface area contributed by atoms with Gasteiger partial charge in [0.25, 0.3) is 0 Å². The van der Waals surface area contributed by atoms with E-state index in [1.807, 2.05) is 42.5 Å². The summed E-state index contributed by atoms with van der Waals surface area (Å²) in [6, 6.07) is 16.1. The van der Waals surface area contributed by atoms with Crippen molar-refractivity contribution in [3.8, 4) is 17.6 Å². The molecule has 1 heterocycles. The van der Waals surface area contributed by atoms with Crippen LogP contribution in [0.3, 0.4) is 0 Å². The van der Waals surface area contributed by atoms with E-state index >= 15 is 0 Å². The van der Waals surface area contributed by atoms with Crippen molar-refractivity contribution in [3.63, 3.8) is 0 Å². The maximum absolute atomic E-state index is 11.3. The second-order valence-electron chi connectivity index (χ2n) is 8.48. The lowest BCUT2D eigenvalue weighted by Crippen LogP contribution is -2.54. The third-order valence-electron chi connectivity index (χ3n) is 5.98. The van der Waals surface area contributed by atoms with Crippen LogP contribution in [-0.4, -0.2) is 31.1 Å². The van der Waals surface area contributed by atoms with E-state index in [2.05, 4.69) is 17.9 Å². The molecule has 0 N–H and O–H groups in total. The van der Waals surface area contributed by atoms with Gasteiger partial charge < -0.3 is 19.2 Å². The molecule has 30 heavy (non-hydrogen) atoms. The zero-order valence-electron chi connectivity index (χ0n) is 17.6. The normalized spacial score (nSPS) is 17.4. The van der Waals surface area contributed by atoms with Gasteiger partial charge in [-0.3, -0.25) is 0 Å². The monoisotopic (exact) mass is 404 g/mol. The molecule has 2 aromatic carbocycles. The van der Waals surface area contributed by atoms with Gasteiger partial charge >= 0.3 is 0 Å². The summed E-state index contributed by atoms with van der Waals surface area (Å²) in [5, 5.41) is 9.56. The summed E-state index contributed by atoms with van der Waals surface area (Å²) in [6.07, 6.45) is 4.40. The highest BCUT2D eigenvalue weighted by Crippen LogP contribution is 2.32. The number of Topliss-reactive ketones (excluding diaryl/α,β-unsaturated/α-hetero) is 1. The van der Waals surface area contributed by atoms with Crippen molar-refractivity contribution >= 4 is 11.5 Å². The molecular weight excluding hydrogens is 376 g/mol. The zero-order chi connectivity index (χ0) is 21.1. The summed E-state index contributed by atoms with van der Waals surface area (Å²) >= 11 is 0. The Bertz CT molecular complexity index is 938. The van der Waals surface area contributed by atoms with Crippen LogP contribution in [0.4, 0.5) is 5.69 Å². The van der Waals surface area contributed by atoms with Gasteiger partial charge in [0.15, 0.2) is 0 Å². The lowest BCUT2D eigenvalue weighted by molar-refractivity contribution is -0.117. The predicted octanol–water partition coefficient (Wildman–Crippen LogP) is 4.84. The van der Waals surface area contributed by atoms with Gasteiger partial charge in [-0.1, -0.05) is 19.1 Å². The van der Waals surface area contributed by atoms with Crippen LogP contribution in [0.15, 0.2) is 42.5 Å². The summed E-state index contributed by atoms with van der Waals surface area (Å²) in [7, 11) is 0. The van der Waals surface area contributed by atoms with Crippen LogP contribution in [0.1, 0.15) is 56.6 Å².